The van der Waals surface area contributed by atoms with Crippen LogP contribution in [-0.4, -0.2) is 51.2 Å². The van der Waals surface area contributed by atoms with Gasteiger partial charge in [-0.3, -0.25) is 4.79 Å². The maximum absolute atomic E-state index is 13.0. The van der Waals surface area contributed by atoms with Crippen LogP contribution in [0.2, 0.25) is 0 Å². The molecule has 2 aliphatic rings. The lowest BCUT2D eigenvalue weighted by Gasteiger charge is -2.38. The molecule has 0 saturated carbocycles. The van der Waals surface area contributed by atoms with Crippen molar-refractivity contribution in [2.24, 2.45) is 0 Å². The van der Waals surface area contributed by atoms with Crippen molar-refractivity contribution < 1.29 is 14.3 Å². The van der Waals surface area contributed by atoms with Crippen LogP contribution in [0.15, 0.2) is 48.5 Å². The van der Waals surface area contributed by atoms with Gasteiger partial charge in [0, 0.05) is 17.6 Å². The van der Waals surface area contributed by atoms with E-state index in [4.69, 9.17) is 9.47 Å². The van der Waals surface area contributed by atoms with Crippen molar-refractivity contribution >= 4 is 11.6 Å². The summed E-state index contributed by atoms with van der Waals surface area (Å²) in [6, 6.07) is 15.6. The summed E-state index contributed by atoms with van der Waals surface area (Å²) < 4.78 is 11.2. The first-order chi connectivity index (χ1) is 13.1. The van der Waals surface area contributed by atoms with Crippen molar-refractivity contribution in [1.29, 1.82) is 0 Å². The van der Waals surface area contributed by atoms with Crippen LogP contribution in [0, 0.1) is 0 Å². The van der Waals surface area contributed by atoms with E-state index in [0.29, 0.717) is 5.75 Å². The van der Waals surface area contributed by atoms with Gasteiger partial charge in [-0.25, -0.2) is 0 Å². The van der Waals surface area contributed by atoms with Gasteiger partial charge in [0.25, 0.3) is 5.91 Å². The van der Waals surface area contributed by atoms with Crippen LogP contribution in [0.4, 0.5) is 5.69 Å². The number of hydrogen-bond donors (Lipinski definition) is 0. The van der Waals surface area contributed by atoms with Gasteiger partial charge in [0.05, 0.1) is 7.11 Å². The zero-order valence-electron chi connectivity index (χ0n) is 16.0. The van der Waals surface area contributed by atoms with Gasteiger partial charge in [0.1, 0.15) is 11.5 Å². The largest absolute Gasteiger partial charge is 0.497 e. The molecule has 0 aliphatic carbocycles. The van der Waals surface area contributed by atoms with E-state index in [1.54, 1.807) is 7.11 Å². The second-order valence-corrected chi connectivity index (χ2v) is 7.55. The molecule has 5 heteroatoms. The number of piperidine rings is 1. The average Bonchev–Trinajstić information content (AvgIpc) is 3.03. The summed E-state index contributed by atoms with van der Waals surface area (Å²) in [5.74, 6) is 1.57. The summed E-state index contributed by atoms with van der Waals surface area (Å²) in [5, 5.41) is 0. The van der Waals surface area contributed by atoms with Crippen LogP contribution < -0.4 is 14.4 Å². The lowest BCUT2D eigenvalue weighted by molar-refractivity contribution is -0.120. The van der Waals surface area contributed by atoms with Gasteiger partial charge in [0.15, 0.2) is 6.61 Å². The first-order valence-electron chi connectivity index (χ1n) is 9.47. The molecule has 1 saturated heterocycles. The Morgan fingerprint density at radius 3 is 2.52 bits per heavy atom. The Bertz CT molecular complexity index is 814. The predicted octanol–water partition coefficient (Wildman–Crippen LogP) is 3.08. The van der Waals surface area contributed by atoms with E-state index in [2.05, 4.69) is 18.0 Å². The molecule has 1 fully saturated rings. The molecule has 0 N–H and O–H groups in total. The first kappa shape index (κ1) is 17.9. The minimum absolute atomic E-state index is 0.000993. The second-order valence-electron chi connectivity index (χ2n) is 7.55. The molecule has 1 spiro atoms. The number of anilines is 1. The SMILES string of the molecule is COc1ccc2c(c1)C1(CCN(C)CC1)CN2C(=O)COc1ccccc1. The average molecular weight is 366 g/mol. The van der Waals surface area contributed by atoms with Crippen molar-refractivity contribution in [3.05, 3.63) is 54.1 Å². The van der Waals surface area contributed by atoms with Gasteiger partial charge in [-0.2, -0.15) is 0 Å². The summed E-state index contributed by atoms with van der Waals surface area (Å²) in [6.07, 6.45) is 2.10. The van der Waals surface area contributed by atoms with E-state index >= 15 is 0 Å². The maximum Gasteiger partial charge on any atom is 0.264 e. The molecular weight excluding hydrogens is 340 g/mol. The number of carbonyl (C=O) groups is 1. The minimum atomic E-state index is 0.000993. The zero-order chi connectivity index (χ0) is 18.9. The van der Waals surface area contributed by atoms with E-state index < -0.39 is 0 Å². The highest BCUT2D eigenvalue weighted by Crippen LogP contribution is 2.48. The molecule has 4 rings (SSSR count). The number of fused-ring (bicyclic) bond motifs is 2. The van der Waals surface area contributed by atoms with Gasteiger partial charge < -0.3 is 19.3 Å². The molecule has 0 bridgehead atoms. The van der Waals surface area contributed by atoms with Crippen molar-refractivity contribution in [1.82, 2.24) is 4.90 Å². The molecule has 2 heterocycles. The lowest BCUT2D eigenvalue weighted by Crippen LogP contribution is -2.45. The third kappa shape index (κ3) is 3.39. The highest BCUT2D eigenvalue weighted by atomic mass is 16.5. The predicted molar refractivity (Wildman–Crippen MR) is 106 cm³/mol. The molecule has 0 unspecified atom stereocenters. The van der Waals surface area contributed by atoms with Gasteiger partial charge in [-0.15, -0.1) is 0 Å². The van der Waals surface area contributed by atoms with Crippen LogP contribution in [-0.2, 0) is 10.2 Å². The number of methoxy groups -OCH3 is 1. The lowest BCUT2D eigenvalue weighted by atomic mass is 9.74. The monoisotopic (exact) mass is 366 g/mol. The number of ether oxygens (including phenoxy) is 2. The Kier molecular flexibility index (Phi) is 4.79. The van der Waals surface area contributed by atoms with Crippen molar-refractivity contribution in [3.63, 3.8) is 0 Å². The number of benzene rings is 2. The van der Waals surface area contributed by atoms with E-state index in [1.807, 2.05) is 47.4 Å². The fraction of sp³-hybridized carbons (Fsp3) is 0.409. The number of carbonyl (C=O) groups excluding carboxylic acids is 1. The third-order valence-electron chi connectivity index (χ3n) is 5.88. The normalized spacial score (nSPS) is 18.4. The minimum Gasteiger partial charge on any atom is -0.497 e. The Labute approximate surface area is 160 Å². The summed E-state index contributed by atoms with van der Waals surface area (Å²) in [5.41, 5.74) is 2.25. The van der Waals surface area contributed by atoms with Crippen LogP contribution >= 0.6 is 0 Å². The number of likely N-dealkylation sites (tertiary alicyclic amines) is 1. The van der Waals surface area contributed by atoms with Gasteiger partial charge >= 0.3 is 0 Å². The van der Waals surface area contributed by atoms with E-state index in [1.165, 1.54) is 5.56 Å². The quantitative estimate of drug-likeness (QED) is 0.834. The molecule has 27 heavy (non-hydrogen) atoms. The fourth-order valence-electron chi connectivity index (χ4n) is 4.21. The van der Waals surface area contributed by atoms with E-state index in [0.717, 1.165) is 43.9 Å². The second kappa shape index (κ2) is 7.24. The van der Waals surface area contributed by atoms with Gasteiger partial charge in [-0.05, 0) is 68.9 Å². The molecule has 2 aromatic rings. The van der Waals surface area contributed by atoms with Crippen LogP contribution in [0.5, 0.6) is 11.5 Å². The standard InChI is InChI=1S/C22H26N2O3/c1-23-12-10-22(11-13-23)16-24(20-9-8-18(26-2)14-19(20)22)21(25)15-27-17-6-4-3-5-7-17/h3-9,14H,10-13,15-16H2,1-2H3. The molecule has 2 aromatic carbocycles. The Balaban J connectivity index is 1.58. The smallest absolute Gasteiger partial charge is 0.264 e. The molecule has 0 radical (unpaired) electrons. The number of nitrogens with zero attached hydrogens (tertiary/aromatic N) is 2. The molecule has 0 aromatic heterocycles. The summed E-state index contributed by atoms with van der Waals surface area (Å²) >= 11 is 0. The molecule has 5 nitrogen and oxygen atoms in total. The summed E-state index contributed by atoms with van der Waals surface area (Å²) in [4.78, 5) is 17.2. The molecular formula is C22H26N2O3. The first-order valence-corrected chi connectivity index (χ1v) is 9.47. The number of hydrogen-bond acceptors (Lipinski definition) is 4. The maximum atomic E-state index is 13.0. The van der Waals surface area contributed by atoms with Gasteiger partial charge in [-0.1, -0.05) is 18.2 Å². The van der Waals surface area contributed by atoms with Crippen LogP contribution in [0.3, 0.4) is 0 Å². The van der Waals surface area contributed by atoms with E-state index in [9.17, 15) is 4.79 Å². The Hall–Kier alpha value is -2.53. The van der Waals surface area contributed by atoms with E-state index in [-0.39, 0.29) is 17.9 Å². The van der Waals surface area contributed by atoms with Crippen molar-refractivity contribution in [2.75, 3.05) is 45.3 Å². The highest BCUT2D eigenvalue weighted by Gasteiger charge is 2.46. The number of para-hydroxylation sites is 1. The zero-order valence-corrected chi connectivity index (χ0v) is 16.0. The fourth-order valence-corrected chi connectivity index (χ4v) is 4.21. The van der Waals surface area contributed by atoms with Crippen molar-refractivity contribution in [3.8, 4) is 11.5 Å². The van der Waals surface area contributed by atoms with Crippen molar-refractivity contribution in [2.45, 2.75) is 18.3 Å². The molecule has 1 amide bonds. The number of amides is 1. The number of rotatable bonds is 4. The highest BCUT2D eigenvalue weighted by molar-refractivity contribution is 5.97. The summed E-state index contributed by atoms with van der Waals surface area (Å²) in [7, 11) is 3.85. The molecule has 142 valence electrons. The van der Waals surface area contributed by atoms with Crippen LogP contribution in [0.1, 0.15) is 18.4 Å². The molecule has 0 atom stereocenters. The third-order valence-corrected chi connectivity index (χ3v) is 5.88. The van der Waals surface area contributed by atoms with Crippen LogP contribution in [0.25, 0.3) is 0 Å². The molecule has 2 aliphatic heterocycles. The Morgan fingerprint density at radius 1 is 1.07 bits per heavy atom. The topological polar surface area (TPSA) is 42.0 Å². The Morgan fingerprint density at radius 2 is 1.81 bits per heavy atom. The summed E-state index contributed by atoms with van der Waals surface area (Å²) in [6.45, 7) is 2.85. The van der Waals surface area contributed by atoms with Gasteiger partial charge in [0.2, 0.25) is 0 Å².